The summed E-state index contributed by atoms with van der Waals surface area (Å²) in [6.07, 6.45) is 24.6. The molecule has 4 nitrogen and oxygen atoms in total. The van der Waals surface area contributed by atoms with Crippen molar-refractivity contribution in [3.63, 3.8) is 0 Å². The number of carbonyl (C=O) groups is 1. The number of esters is 1. The van der Waals surface area contributed by atoms with Gasteiger partial charge in [0.1, 0.15) is 16.4 Å². The molecule has 4 heterocycles. The molecule has 53 heavy (non-hydrogen) atoms. The van der Waals surface area contributed by atoms with Crippen LogP contribution in [-0.4, -0.2) is 25.8 Å². The average molecular weight is 797 g/mol. The maximum Gasteiger partial charge on any atom is 0.348 e. The first-order valence-electron chi connectivity index (χ1n) is 21.0. The molecule has 0 aliphatic heterocycles. The monoisotopic (exact) mass is 796 g/mol. The van der Waals surface area contributed by atoms with Crippen LogP contribution in [0, 0.1) is 5.92 Å². The predicted octanol–water partition coefficient (Wildman–Crippen LogP) is 16.5. The van der Waals surface area contributed by atoms with Crippen molar-refractivity contribution >= 4 is 81.6 Å². The highest BCUT2D eigenvalue weighted by Crippen LogP contribution is 2.52. The molecule has 0 saturated heterocycles. The molecule has 4 aromatic heterocycles. The normalized spacial score (nSPS) is 12.4. The third-order valence-electron chi connectivity index (χ3n) is 10.4. The van der Waals surface area contributed by atoms with Crippen LogP contribution in [0.1, 0.15) is 166 Å². The molecule has 0 aliphatic rings. The van der Waals surface area contributed by atoms with E-state index in [1.165, 1.54) is 127 Å². The van der Waals surface area contributed by atoms with Crippen molar-refractivity contribution in [2.24, 2.45) is 5.92 Å². The Balaban J connectivity index is 1.37. The number of thiophene rings is 4. The lowest BCUT2D eigenvalue weighted by molar-refractivity contribution is 0.0428. The fourth-order valence-corrected chi connectivity index (χ4v) is 11.6. The second-order valence-corrected chi connectivity index (χ2v) is 18.7. The van der Waals surface area contributed by atoms with Crippen LogP contribution in [0.5, 0.6) is 11.5 Å². The lowest BCUT2D eigenvalue weighted by Gasteiger charge is -2.16. The molecule has 5 rings (SSSR count). The molecule has 0 N–H and O–H groups in total. The molecule has 1 aromatic carbocycles. The molecule has 0 fully saturated rings. The number of fused-ring (bicyclic) bond motifs is 3. The zero-order valence-corrected chi connectivity index (χ0v) is 36.3. The fraction of sp³-hybridized carbons (Fsp3) is 0.622. The number of hydrogen-bond donors (Lipinski definition) is 0. The Morgan fingerprint density at radius 3 is 1.91 bits per heavy atom. The number of carbonyl (C=O) groups excluding carboxylic acids is 1. The Bertz CT molecular complexity index is 1720. The first kappa shape index (κ1) is 42.0. The minimum absolute atomic E-state index is 0.176. The van der Waals surface area contributed by atoms with Gasteiger partial charge in [-0.25, -0.2) is 4.79 Å². The molecule has 8 heteroatoms. The van der Waals surface area contributed by atoms with Crippen LogP contribution in [0.2, 0.25) is 0 Å². The van der Waals surface area contributed by atoms with Crippen molar-refractivity contribution in [1.29, 1.82) is 0 Å². The van der Waals surface area contributed by atoms with Crippen LogP contribution < -0.4 is 9.47 Å². The first-order chi connectivity index (χ1) is 26.1. The van der Waals surface area contributed by atoms with Gasteiger partial charge in [0, 0.05) is 31.1 Å². The molecule has 5 aromatic rings. The number of benzene rings is 1. The van der Waals surface area contributed by atoms with Gasteiger partial charge in [-0.15, -0.1) is 45.3 Å². The molecule has 1 atom stereocenters. The van der Waals surface area contributed by atoms with E-state index >= 15 is 0 Å². The van der Waals surface area contributed by atoms with Gasteiger partial charge in [-0.3, -0.25) is 0 Å². The molecule has 0 bridgehead atoms. The summed E-state index contributed by atoms with van der Waals surface area (Å²) in [6.45, 7) is 11.0. The maximum atomic E-state index is 13.4. The average Bonchev–Trinajstić information content (AvgIpc) is 3.98. The Morgan fingerprint density at radius 2 is 1.23 bits per heavy atom. The summed E-state index contributed by atoms with van der Waals surface area (Å²) in [5.41, 5.74) is 0. The van der Waals surface area contributed by atoms with E-state index in [1.807, 2.05) is 0 Å². The predicted molar refractivity (Wildman–Crippen MR) is 236 cm³/mol. The topological polar surface area (TPSA) is 44.8 Å². The van der Waals surface area contributed by atoms with Crippen LogP contribution >= 0.6 is 45.3 Å². The molecule has 0 aliphatic carbocycles. The van der Waals surface area contributed by atoms with E-state index in [2.05, 4.69) is 56.7 Å². The molecular formula is C45H64O4S4. The molecule has 0 radical (unpaired) electrons. The van der Waals surface area contributed by atoms with Crippen molar-refractivity contribution in [1.82, 2.24) is 0 Å². The van der Waals surface area contributed by atoms with Crippen LogP contribution in [0.15, 0.2) is 29.0 Å². The van der Waals surface area contributed by atoms with Crippen molar-refractivity contribution in [2.75, 3.05) is 19.8 Å². The van der Waals surface area contributed by atoms with Gasteiger partial charge in [-0.2, -0.15) is 0 Å². The summed E-state index contributed by atoms with van der Waals surface area (Å²) in [5, 5.41) is 7.85. The lowest BCUT2D eigenvalue weighted by atomic mass is 9.96. The minimum Gasteiger partial charge on any atom is -0.491 e. The number of hydrogen-bond acceptors (Lipinski definition) is 8. The van der Waals surface area contributed by atoms with Crippen LogP contribution in [0.4, 0.5) is 0 Å². The van der Waals surface area contributed by atoms with Gasteiger partial charge in [-0.1, -0.05) is 130 Å². The van der Waals surface area contributed by atoms with E-state index in [4.69, 9.17) is 14.2 Å². The van der Waals surface area contributed by atoms with Crippen molar-refractivity contribution in [3.05, 3.63) is 33.8 Å². The summed E-state index contributed by atoms with van der Waals surface area (Å²) in [6, 6.07) is 6.61. The molecule has 0 amide bonds. The number of rotatable bonds is 28. The molecule has 0 saturated carbocycles. The summed E-state index contributed by atoms with van der Waals surface area (Å²) in [7, 11) is 0. The minimum atomic E-state index is -0.176. The summed E-state index contributed by atoms with van der Waals surface area (Å²) >= 11 is 6.89. The Labute approximate surface area is 335 Å². The highest BCUT2D eigenvalue weighted by molar-refractivity contribution is 7.29. The molecular weight excluding hydrogens is 733 g/mol. The smallest absolute Gasteiger partial charge is 0.348 e. The van der Waals surface area contributed by atoms with Gasteiger partial charge in [0.15, 0.2) is 0 Å². The molecule has 1 unspecified atom stereocenters. The summed E-state index contributed by atoms with van der Waals surface area (Å²) in [5.74, 6) is 2.28. The van der Waals surface area contributed by atoms with Gasteiger partial charge in [0.25, 0.3) is 0 Å². The highest BCUT2D eigenvalue weighted by atomic mass is 32.1. The Morgan fingerprint density at radius 1 is 0.623 bits per heavy atom. The van der Waals surface area contributed by atoms with E-state index in [-0.39, 0.29) is 5.97 Å². The molecule has 292 valence electrons. The van der Waals surface area contributed by atoms with Gasteiger partial charge in [-0.05, 0) is 55.2 Å². The largest absolute Gasteiger partial charge is 0.491 e. The van der Waals surface area contributed by atoms with E-state index in [1.54, 1.807) is 45.3 Å². The van der Waals surface area contributed by atoms with Crippen molar-refractivity contribution in [2.45, 2.75) is 156 Å². The van der Waals surface area contributed by atoms with E-state index in [0.29, 0.717) is 17.4 Å². The lowest BCUT2D eigenvalue weighted by Crippen LogP contribution is -2.14. The van der Waals surface area contributed by atoms with Crippen LogP contribution in [-0.2, 0) is 4.74 Å². The third-order valence-corrected chi connectivity index (χ3v) is 14.8. The standard InChI is InChI=1S/C45H64O4S4/c1-5-9-13-16-18-21-26-47-40-34-25-28-50-43(34)41(48-27-22-19-17-14-10-6-2)36-30-37(53-44(36)40)42-35-29-38(52-39(35)32-51-42)45(46)49-31-33(23-12-8-4)24-20-15-11-7-3/h25,28-30,32-33H,5-24,26-27,31H2,1-4H3. The van der Waals surface area contributed by atoms with Crippen LogP contribution in [0.25, 0.3) is 40.0 Å². The van der Waals surface area contributed by atoms with E-state index < -0.39 is 0 Å². The third kappa shape index (κ3) is 11.9. The molecule has 0 spiro atoms. The Kier molecular flexibility index (Phi) is 18.3. The number of unbranched alkanes of at least 4 members (excludes halogenated alkanes) is 14. The van der Waals surface area contributed by atoms with Gasteiger partial charge in [0.05, 0.1) is 34.1 Å². The number of ether oxygens (including phenoxy) is 3. The highest BCUT2D eigenvalue weighted by Gasteiger charge is 2.24. The second-order valence-electron chi connectivity index (χ2n) is 14.8. The summed E-state index contributed by atoms with van der Waals surface area (Å²) in [4.78, 5) is 16.5. The Hall–Kier alpha value is -2.13. The van der Waals surface area contributed by atoms with Gasteiger partial charge in [0.2, 0.25) is 0 Å². The zero-order valence-electron chi connectivity index (χ0n) is 33.0. The van der Waals surface area contributed by atoms with Gasteiger partial charge < -0.3 is 14.2 Å². The summed E-state index contributed by atoms with van der Waals surface area (Å²) < 4.78 is 22.9. The van der Waals surface area contributed by atoms with Crippen LogP contribution in [0.3, 0.4) is 0 Å². The van der Waals surface area contributed by atoms with Crippen molar-refractivity contribution < 1.29 is 19.0 Å². The second kappa shape index (κ2) is 23.1. The van der Waals surface area contributed by atoms with E-state index in [0.717, 1.165) is 65.9 Å². The first-order valence-corrected chi connectivity index (χ1v) is 24.4. The van der Waals surface area contributed by atoms with Gasteiger partial charge >= 0.3 is 5.97 Å². The SMILES string of the molecule is CCCCCCCCOc1c2cc(-c3scc4sc(C(=O)OCC(CCCC)CCCCCC)cc34)sc2c(OCCCCCCCC)c2ccsc12. The van der Waals surface area contributed by atoms with Crippen molar-refractivity contribution in [3.8, 4) is 21.3 Å². The maximum absolute atomic E-state index is 13.4. The zero-order chi connectivity index (χ0) is 37.3. The fourth-order valence-electron chi connectivity index (χ4n) is 7.21. The quantitative estimate of drug-likeness (QED) is 0.0374. The van der Waals surface area contributed by atoms with E-state index in [9.17, 15) is 4.79 Å².